The molecule has 1 heterocycles. The molecule has 4 nitrogen and oxygen atoms in total. The van der Waals surface area contributed by atoms with E-state index in [0.29, 0.717) is 17.9 Å². The van der Waals surface area contributed by atoms with Crippen LogP contribution < -0.4 is 10.6 Å². The van der Waals surface area contributed by atoms with E-state index in [-0.39, 0.29) is 11.1 Å². The van der Waals surface area contributed by atoms with Crippen LogP contribution in [-0.2, 0) is 6.54 Å². The molecule has 0 spiro atoms. The average Bonchev–Trinajstić information content (AvgIpc) is 2.45. The molecule has 0 unspecified atom stereocenters. The Morgan fingerprint density at radius 2 is 1.95 bits per heavy atom. The van der Waals surface area contributed by atoms with Crippen molar-refractivity contribution in [2.24, 2.45) is 0 Å². The van der Waals surface area contributed by atoms with Gasteiger partial charge in [0.25, 0.3) is 5.91 Å². The van der Waals surface area contributed by atoms with Crippen LogP contribution in [0.25, 0.3) is 0 Å². The van der Waals surface area contributed by atoms with Crippen molar-refractivity contribution < 1.29 is 4.79 Å². The highest BCUT2D eigenvalue weighted by Gasteiger charge is 2.08. The zero-order valence-corrected chi connectivity index (χ0v) is 12.2. The number of anilines is 1. The topological polar surface area (TPSA) is 54.0 Å². The number of aromatic nitrogens is 1. The van der Waals surface area contributed by atoms with E-state index >= 15 is 0 Å². The van der Waals surface area contributed by atoms with Crippen LogP contribution in [0.3, 0.4) is 0 Å². The summed E-state index contributed by atoms with van der Waals surface area (Å²) in [4.78, 5) is 16.1. The van der Waals surface area contributed by atoms with Crippen molar-refractivity contribution >= 4 is 23.3 Å². The van der Waals surface area contributed by atoms with Crippen LogP contribution >= 0.6 is 11.6 Å². The smallest absolute Gasteiger partial charge is 0.251 e. The van der Waals surface area contributed by atoms with Gasteiger partial charge in [0.05, 0.1) is 0 Å². The van der Waals surface area contributed by atoms with E-state index in [9.17, 15) is 4.79 Å². The van der Waals surface area contributed by atoms with Crippen LogP contribution in [0.5, 0.6) is 0 Å². The fourth-order valence-electron chi connectivity index (χ4n) is 1.75. The standard InChI is InChI=1S/C15H16ClN3O/c1-10-3-5-11(6-4-10)9-18-15(20)12-7-13(16)19-14(8-12)17-2/h3-8H,9H2,1-2H3,(H,17,19)(H,18,20). The molecule has 1 aromatic heterocycles. The molecule has 0 saturated carbocycles. The lowest BCUT2D eigenvalue weighted by Gasteiger charge is -2.07. The summed E-state index contributed by atoms with van der Waals surface area (Å²) in [6.45, 7) is 2.51. The van der Waals surface area contributed by atoms with Gasteiger partial charge in [-0.05, 0) is 24.6 Å². The summed E-state index contributed by atoms with van der Waals surface area (Å²) in [6, 6.07) is 11.2. The van der Waals surface area contributed by atoms with E-state index in [4.69, 9.17) is 11.6 Å². The molecule has 20 heavy (non-hydrogen) atoms. The van der Waals surface area contributed by atoms with Crippen LogP contribution in [-0.4, -0.2) is 17.9 Å². The Morgan fingerprint density at radius 1 is 1.25 bits per heavy atom. The van der Waals surface area contributed by atoms with Gasteiger partial charge in [-0.1, -0.05) is 41.4 Å². The molecular weight excluding hydrogens is 274 g/mol. The van der Waals surface area contributed by atoms with Crippen molar-refractivity contribution in [3.8, 4) is 0 Å². The molecule has 0 aliphatic carbocycles. The Labute approximate surface area is 123 Å². The molecule has 1 aromatic carbocycles. The highest BCUT2D eigenvalue weighted by atomic mass is 35.5. The van der Waals surface area contributed by atoms with Crippen molar-refractivity contribution in [3.63, 3.8) is 0 Å². The second-order valence-corrected chi connectivity index (χ2v) is 4.87. The van der Waals surface area contributed by atoms with E-state index in [1.54, 1.807) is 19.2 Å². The molecule has 0 bridgehead atoms. The number of pyridine rings is 1. The van der Waals surface area contributed by atoms with E-state index < -0.39 is 0 Å². The lowest BCUT2D eigenvalue weighted by atomic mass is 10.1. The molecule has 0 saturated heterocycles. The van der Waals surface area contributed by atoms with Crippen LogP contribution in [0.15, 0.2) is 36.4 Å². The van der Waals surface area contributed by atoms with Gasteiger partial charge < -0.3 is 10.6 Å². The molecule has 1 amide bonds. The quantitative estimate of drug-likeness (QED) is 0.851. The third-order valence-electron chi connectivity index (χ3n) is 2.89. The number of hydrogen-bond acceptors (Lipinski definition) is 3. The van der Waals surface area contributed by atoms with Crippen LogP contribution in [0.2, 0.25) is 5.15 Å². The fourth-order valence-corrected chi connectivity index (χ4v) is 1.95. The monoisotopic (exact) mass is 289 g/mol. The molecule has 0 radical (unpaired) electrons. The number of nitrogens with zero attached hydrogens (tertiary/aromatic N) is 1. The Morgan fingerprint density at radius 3 is 2.60 bits per heavy atom. The molecule has 2 N–H and O–H groups in total. The number of aryl methyl sites for hydroxylation is 1. The van der Waals surface area contributed by atoms with Crippen LogP contribution in [0.1, 0.15) is 21.5 Å². The zero-order chi connectivity index (χ0) is 14.5. The first-order valence-electron chi connectivity index (χ1n) is 6.27. The van der Waals surface area contributed by atoms with Gasteiger partial charge >= 0.3 is 0 Å². The lowest BCUT2D eigenvalue weighted by molar-refractivity contribution is 0.0951. The van der Waals surface area contributed by atoms with Gasteiger partial charge in [0, 0.05) is 19.2 Å². The van der Waals surface area contributed by atoms with Crippen LogP contribution in [0, 0.1) is 6.92 Å². The minimum atomic E-state index is -0.175. The third kappa shape index (κ3) is 3.71. The van der Waals surface area contributed by atoms with E-state index in [1.165, 1.54) is 5.56 Å². The number of hydrogen-bond donors (Lipinski definition) is 2. The van der Waals surface area contributed by atoms with Gasteiger partial charge in [-0.2, -0.15) is 0 Å². The number of rotatable bonds is 4. The summed E-state index contributed by atoms with van der Waals surface area (Å²) in [6.07, 6.45) is 0. The number of carbonyl (C=O) groups is 1. The first kappa shape index (κ1) is 14.3. The van der Waals surface area contributed by atoms with Gasteiger partial charge in [-0.15, -0.1) is 0 Å². The lowest BCUT2D eigenvalue weighted by Crippen LogP contribution is -2.23. The highest BCUT2D eigenvalue weighted by Crippen LogP contribution is 2.14. The number of nitrogens with one attached hydrogen (secondary N) is 2. The maximum atomic E-state index is 12.1. The minimum absolute atomic E-state index is 0.175. The molecule has 0 atom stereocenters. The second-order valence-electron chi connectivity index (χ2n) is 4.48. The molecule has 5 heteroatoms. The Kier molecular flexibility index (Phi) is 4.58. The summed E-state index contributed by atoms with van der Waals surface area (Å²) in [5.41, 5.74) is 2.74. The summed E-state index contributed by atoms with van der Waals surface area (Å²) in [7, 11) is 1.73. The van der Waals surface area contributed by atoms with Gasteiger partial charge in [0.1, 0.15) is 11.0 Å². The predicted octanol–water partition coefficient (Wildman–Crippen LogP) is 3.02. The first-order valence-corrected chi connectivity index (χ1v) is 6.65. The molecule has 0 aliphatic heterocycles. The van der Waals surface area contributed by atoms with Gasteiger partial charge in [-0.25, -0.2) is 4.98 Å². The Hall–Kier alpha value is -2.07. The summed E-state index contributed by atoms with van der Waals surface area (Å²) < 4.78 is 0. The van der Waals surface area contributed by atoms with Crippen molar-refractivity contribution in [2.45, 2.75) is 13.5 Å². The highest BCUT2D eigenvalue weighted by molar-refractivity contribution is 6.29. The van der Waals surface area contributed by atoms with Gasteiger partial charge in [0.15, 0.2) is 0 Å². The number of amides is 1. The minimum Gasteiger partial charge on any atom is -0.373 e. The Bertz CT molecular complexity index is 611. The van der Waals surface area contributed by atoms with E-state index in [0.717, 1.165) is 5.56 Å². The van der Waals surface area contributed by atoms with Crippen molar-refractivity contribution in [1.82, 2.24) is 10.3 Å². The molecule has 2 rings (SSSR count). The van der Waals surface area contributed by atoms with Gasteiger partial charge in [0.2, 0.25) is 0 Å². The summed E-state index contributed by atoms with van der Waals surface area (Å²) >= 11 is 5.88. The first-order chi connectivity index (χ1) is 9.58. The predicted molar refractivity (Wildman–Crippen MR) is 81.1 cm³/mol. The number of halogens is 1. The van der Waals surface area contributed by atoms with E-state index in [2.05, 4.69) is 15.6 Å². The molecule has 0 fully saturated rings. The van der Waals surface area contributed by atoms with Crippen molar-refractivity contribution in [2.75, 3.05) is 12.4 Å². The summed E-state index contributed by atoms with van der Waals surface area (Å²) in [5, 5.41) is 6.02. The summed E-state index contributed by atoms with van der Waals surface area (Å²) in [5.74, 6) is 0.393. The number of carbonyl (C=O) groups excluding carboxylic acids is 1. The molecule has 104 valence electrons. The largest absolute Gasteiger partial charge is 0.373 e. The van der Waals surface area contributed by atoms with Crippen molar-refractivity contribution in [3.05, 3.63) is 58.2 Å². The molecular formula is C15H16ClN3O. The Balaban J connectivity index is 2.04. The molecule has 2 aromatic rings. The van der Waals surface area contributed by atoms with Gasteiger partial charge in [-0.3, -0.25) is 4.79 Å². The zero-order valence-electron chi connectivity index (χ0n) is 11.4. The maximum Gasteiger partial charge on any atom is 0.251 e. The third-order valence-corrected chi connectivity index (χ3v) is 3.08. The normalized spacial score (nSPS) is 10.2. The fraction of sp³-hybridized carbons (Fsp3) is 0.200. The number of benzene rings is 1. The van der Waals surface area contributed by atoms with Crippen molar-refractivity contribution in [1.29, 1.82) is 0 Å². The molecule has 0 aliphatic rings. The maximum absolute atomic E-state index is 12.1. The SMILES string of the molecule is CNc1cc(C(=O)NCc2ccc(C)cc2)cc(Cl)n1. The second kappa shape index (κ2) is 6.39. The van der Waals surface area contributed by atoms with Crippen LogP contribution in [0.4, 0.5) is 5.82 Å². The van der Waals surface area contributed by atoms with E-state index in [1.807, 2.05) is 31.2 Å². The average molecular weight is 290 g/mol.